The molecule has 21 heavy (non-hydrogen) atoms. The molecule has 0 fully saturated rings. The Labute approximate surface area is 123 Å². The van der Waals surface area contributed by atoms with E-state index >= 15 is 0 Å². The number of nitrogens with zero attached hydrogens (tertiary/aromatic N) is 2. The van der Waals surface area contributed by atoms with Crippen molar-refractivity contribution in [3.05, 3.63) is 48.2 Å². The van der Waals surface area contributed by atoms with Crippen molar-refractivity contribution in [1.29, 1.82) is 5.26 Å². The molecule has 0 saturated carbocycles. The molecule has 0 aliphatic heterocycles. The first-order chi connectivity index (χ1) is 10.0. The molecule has 2 heterocycles. The average Bonchev–Trinajstić information content (AvgIpc) is 2.98. The maximum atomic E-state index is 12.3. The molecule has 0 radical (unpaired) electrons. The predicted octanol–water partition coefficient (Wildman–Crippen LogP) is 1.85. The molecule has 0 spiro atoms. The van der Waals surface area contributed by atoms with Crippen molar-refractivity contribution in [2.45, 2.75) is 30.7 Å². The van der Waals surface area contributed by atoms with Crippen molar-refractivity contribution in [2.24, 2.45) is 0 Å². The Bertz CT molecular complexity index is 733. The van der Waals surface area contributed by atoms with Crippen LogP contribution in [0, 0.1) is 11.3 Å². The number of hydrogen-bond donors (Lipinski definition) is 1. The fourth-order valence-corrected chi connectivity index (χ4v) is 3.28. The van der Waals surface area contributed by atoms with E-state index in [2.05, 4.69) is 9.71 Å². The quantitative estimate of drug-likeness (QED) is 0.878. The first-order valence-corrected chi connectivity index (χ1v) is 7.91. The molecular weight excluding hydrogens is 290 g/mol. The largest absolute Gasteiger partial charge is 0.469 e. The number of nitrogens with one attached hydrogen (secondary N) is 1. The van der Waals surface area contributed by atoms with E-state index in [9.17, 15) is 8.42 Å². The van der Waals surface area contributed by atoms with E-state index in [0.717, 1.165) is 5.76 Å². The van der Waals surface area contributed by atoms with Crippen LogP contribution in [0.2, 0.25) is 0 Å². The third-order valence-corrected chi connectivity index (χ3v) is 4.55. The summed E-state index contributed by atoms with van der Waals surface area (Å²) >= 11 is 0. The average molecular weight is 305 g/mol. The van der Waals surface area contributed by atoms with E-state index in [1.54, 1.807) is 25.3 Å². The molecule has 2 aromatic heterocycles. The molecule has 0 saturated heterocycles. The van der Waals surface area contributed by atoms with E-state index < -0.39 is 10.0 Å². The standard InChI is InChI=1S/C14H15N3O3S/c1-11(6-7-12-4-3-9-20-12)17-21(18,19)14-5-2-8-16-13(14)10-15/h2-5,8-9,11,17H,6-7H2,1H3. The Morgan fingerprint density at radius 3 is 2.90 bits per heavy atom. The zero-order valence-corrected chi connectivity index (χ0v) is 12.3. The Morgan fingerprint density at radius 2 is 2.24 bits per heavy atom. The maximum absolute atomic E-state index is 12.3. The minimum atomic E-state index is -3.76. The van der Waals surface area contributed by atoms with Gasteiger partial charge in [-0.2, -0.15) is 5.26 Å². The van der Waals surface area contributed by atoms with Crippen LogP contribution in [-0.4, -0.2) is 19.4 Å². The molecule has 2 aromatic rings. The van der Waals surface area contributed by atoms with E-state index in [-0.39, 0.29) is 16.6 Å². The monoisotopic (exact) mass is 305 g/mol. The molecule has 0 aliphatic carbocycles. The van der Waals surface area contributed by atoms with E-state index in [1.165, 1.54) is 18.3 Å². The van der Waals surface area contributed by atoms with Crippen LogP contribution >= 0.6 is 0 Å². The summed E-state index contributed by atoms with van der Waals surface area (Å²) in [6, 6.07) is 7.99. The summed E-state index contributed by atoms with van der Waals surface area (Å²) in [5.74, 6) is 0.806. The SMILES string of the molecule is CC(CCc1ccco1)NS(=O)(=O)c1cccnc1C#N. The Balaban J connectivity index is 2.05. The van der Waals surface area contributed by atoms with Gasteiger partial charge in [0.2, 0.25) is 10.0 Å². The van der Waals surface area contributed by atoms with Crippen molar-refractivity contribution in [3.8, 4) is 6.07 Å². The Kier molecular flexibility index (Phi) is 4.73. The maximum Gasteiger partial charge on any atom is 0.243 e. The van der Waals surface area contributed by atoms with Gasteiger partial charge in [0.05, 0.1) is 6.26 Å². The smallest absolute Gasteiger partial charge is 0.243 e. The van der Waals surface area contributed by atoms with Crippen molar-refractivity contribution in [1.82, 2.24) is 9.71 Å². The van der Waals surface area contributed by atoms with Crippen molar-refractivity contribution in [3.63, 3.8) is 0 Å². The second-order valence-corrected chi connectivity index (χ2v) is 6.28. The van der Waals surface area contributed by atoms with Crippen LogP contribution < -0.4 is 4.72 Å². The second-order valence-electron chi connectivity index (χ2n) is 4.60. The van der Waals surface area contributed by atoms with Crippen LogP contribution in [0.1, 0.15) is 24.8 Å². The van der Waals surface area contributed by atoms with Gasteiger partial charge in [0.15, 0.2) is 5.69 Å². The fraction of sp³-hybridized carbons (Fsp3) is 0.286. The van der Waals surface area contributed by atoms with Gasteiger partial charge in [-0.15, -0.1) is 0 Å². The molecule has 1 N–H and O–H groups in total. The van der Waals surface area contributed by atoms with Crippen molar-refractivity contribution < 1.29 is 12.8 Å². The molecule has 2 rings (SSSR count). The molecule has 0 amide bonds. The van der Waals surface area contributed by atoms with Crippen LogP contribution in [0.15, 0.2) is 46.0 Å². The number of pyridine rings is 1. The van der Waals surface area contributed by atoms with Gasteiger partial charge in [-0.3, -0.25) is 0 Å². The molecule has 110 valence electrons. The lowest BCUT2D eigenvalue weighted by Crippen LogP contribution is -2.33. The van der Waals surface area contributed by atoms with E-state index in [0.29, 0.717) is 12.8 Å². The molecule has 1 atom stereocenters. The lowest BCUT2D eigenvalue weighted by atomic mass is 10.2. The van der Waals surface area contributed by atoms with Gasteiger partial charge < -0.3 is 4.42 Å². The van der Waals surface area contributed by atoms with E-state index in [4.69, 9.17) is 9.68 Å². The predicted molar refractivity (Wildman–Crippen MR) is 75.8 cm³/mol. The summed E-state index contributed by atoms with van der Waals surface area (Å²) in [5, 5.41) is 8.93. The lowest BCUT2D eigenvalue weighted by Gasteiger charge is -2.14. The van der Waals surface area contributed by atoms with Crippen molar-refractivity contribution >= 4 is 10.0 Å². The van der Waals surface area contributed by atoms with Gasteiger partial charge in [-0.25, -0.2) is 18.1 Å². The number of sulfonamides is 1. The van der Waals surface area contributed by atoms with Crippen LogP contribution in [0.5, 0.6) is 0 Å². The summed E-state index contributed by atoms with van der Waals surface area (Å²) in [6.07, 6.45) is 4.20. The first kappa shape index (κ1) is 15.2. The molecule has 0 bridgehead atoms. The number of aromatic nitrogens is 1. The second kappa shape index (κ2) is 6.52. The summed E-state index contributed by atoms with van der Waals surface area (Å²) in [7, 11) is -3.76. The van der Waals surface area contributed by atoms with Crippen molar-refractivity contribution in [2.75, 3.05) is 0 Å². The number of furan rings is 1. The highest BCUT2D eigenvalue weighted by Crippen LogP contribution is 2.14. The number of aryl methyl sites for hydroxylation is 1. The number of nitriles is 1. The summed E-state index contributed by atoms with van der Waals surface area (Å²) in [6.45, 7) is 1.77. The normalized spacial score (nSPS) is 12.8. The highest BCUT2D eigenvalue weighted by Gasteiger charge is 2.21. The minimum Gasteiger partial charge on any atom is -0.469 e. The van der Waals surface area contributed by atoms with E-state index in [1.807, 2.05) is 6.07 Å². The molecule has 0 aliphatic rings. The molecule has 1 unspecified atom stereocenters. The molecular formula is C14H15N3O3S. The fourth-order valence-electron chi connectivity index (χ4n) is 1.89. The molecule has 7 heteroatoms. The molecule has 6 nitrogen and oxygen atoms in total. The lowest BCUT2D eigenvalue weighted by molar-refractivity contribution is 0.480. The Hall–Kier alpha value is -2.17. The van der Waals surface area contributed by atoms with Gasteiger partial charge in [-0.1, -0.05) is 0 Å². The molecule has 0 aromatic carbocycles. The van der Waals surface area contributed by atoms with Gasteiger partial charge in [0, 0.05) is 18.7 Å². The summed E-state index contributed by atoms with van der Waals surface area (Å²) < 4.78 is 32.3. The Morgan fingerprint density at radius 1 is 1.43 bits per heavy atom. The van der Waals surface area contributed by atoms with Crippen LogP contribution in [-0.2, 0) is 16.4 Å². The topological polar surface area (TPSA) is 96.0 Å². The van der Waals surface area contributed by atoms with Crippen LogP contribution in [0.3, 0.4) is 0 Å². The highest BCUT2D eigenvalue weighted by atomic mass is 32.2. The van der Waals surface area contributed by atoms with Gasteiger partial charge in [0.25, 0.3) is 0 Å². The number of rotatable bonds is 6. The summed E-state index contributed by atoms with van der Waals surface area (Å²) in [5.41, 5.74) is -0.108. The zero-order chi connectivity index (χ0) is 15.3. The minimum absolute atomic E-state index is 0.0997. The number of hydrogen-bond acceptors (Lipinski definition) is 5. The first-order valence-electron chi connectivity index (χ1n) is 6.43. The third kappa shape index (κ3) is 3.90. The van der Waals surface area contributed by atoms with Gasteiger partial charge >= 0.3 is 0 Å². The van der Waals surface area contributed by atoms with Crippen LogP contribution in [0.25, 0.3) is 0 Å². The summed E-state index contributed by atoms with van der Waals surface area (Å²) in [4.78, 5) is 3.66. The van der Waals surface area contributed by atoms with Gasteiger partial charge in [0.1, 0.15) is 16.7 Å². The third-order valence-electron chi connectivity index (χ3n) is 2.93. The highest BCUT2D eigenvalue weighted by molar-refractivity contribution is 7.89. The van der Waals surface area contributed by atoms with Gasteiger partial charge in [-0.05, 0) is 37.6 Å². The van der Waals surface area contributed by atoms with Crippen LogP contribution in [0.4, 0.5) is 0 Å². The zero-order valence-electron chi connectivity index (χ0n) is 11.5.